The van der Waals surface area contributed by atoms with Crippen molar-refractivity contribution in [3.05, 3.63) is 122 Å². The average Bonchev–Trinajstić information content (AvgIpc) is 3.59. The fourth-order valence-electron chi connectivity index (χ4n) is 5.30. The number of carbonyl (C=O) groups is 2. The molecule has 1 aliphatic rings. The van der Waals surface area contributed by atoms with Gasteiger partial charge in [-0.2, -0.15) is 5.10 Å². The molecule has 0 bridgehead atoms. The molecule has 15 heteroatoms. The van der Waals surface area contributed by atoms with Gasteiger partial charge in [0.1, 0.15) is 23.1 Å². The summed E-state index contributed by atoms with van der Waals surface area (Å²) in [5.41, 5.74) is 7.01. The van der Waals surface area contributed by atoms with Gasteiger partial charge >= 0.3 is 6.03 Å². The number of nitrogens with one attached hydrogen (secondary N) is 3. The minimum absolute atomic E-state index is 0.0382. The van der Waals surface area contributed by atoms with Crippen molar-refractivity contribution < 1.29 is 19.4 Å². The zero-order valence-electron chi connectivity index (χ0n) is 27.7. The summed E-state index contributed by atoms with van der Waals surface area (Å²) < 4.78 is 5.74. The Morgan fingerprint density at radius 1 is 0.865 bits per heavy atom. The zero-order chi connectivity index (χ0) is 36.5. The van der Waals surface area contributed by atoms with Crippen LogP contribution in [-0.4, -0.2) is 70.8 Å². The van der Waals surface area contributed by atoms with Crippen molar-refractivity contribution >= 4 is 75.7 Å². The molecular formula is C37H34Cl3N7O4S. The lowest BCUT2D eigenvalue weighted by molar-refractivity contribution is -0.122. The van der Waals surface area contributed by atoms with Gasteiger partial charge in [-0.3, -0.25) is 14.6 Å². The van der Waals surface area contributed by atoms with Gasteiger partial charge in [-0.15, -0.1) is 11.3 Å². The predicted octanol–water partition coefficient (Wildman–Crippen LogP) is 7.97. The van der Waals surface area contributed by atoms with Crippen LogP contribution >= 0.6 is 46.1 Å². The molecule has 2 heterocycles. The van der Waals surface area contributed by atoms with Crippen molar-refractivity contribution in [3.63, 3.8) is 0 Å². The number of halogens is 3. The highest BCUT2D eigenvalue weighted by Crippen LogP contribution is 2.27. The van der Waals surface area contributed by atoms with Crippen molar-refractivity contribution in [2.24, 2.45) is 5.10 Å². The monoisotopic (exact) mass is 777 g/mol. The fourth-order valence-corrected chi connectivity index (χ4v) is 6.71. The van der Waals surface area contributed by atoms with Gasteiger partial charge in [0, 0.05) is 87.3 Å². The van der Waals surface area contributed by atoms with E-state index in [1.807, 2.05) is 24.3 Å². The lowest BCUT2D eigenvalue weighted by Crippen LogP contribution is -2.48. The number of carbonyl (C=O) groups excluding carboxylic acids is 2. The molecule has 1 saturated heterocycles. The van der Waals surface area contributed by atoms with E-state index in [9.17, 15) is 14.7 Å². The molecule has 5 aromatic rings. The molecular weight excluding hydrogens is 745 g/mol. The predicted molar refractivity (Wildman–Crippen MR) is 208 cm³/mol. The number of hydrogen-bond acceptors (Lipinski definition) is 9. The van der Waals surface area contributed by atoms with E-state index in [4.69, 9.17) is 44.5 Å². The van der Waals surface area contributed by atoms with Gasteiger partial charge in [0.05, 0.1) is 18.5 Å². The van der Waals surface area contributed by atoms with Gasteiger partial charge in [0.2, 0.25) is 0 Å². The molecule has 4 aromatic carbocycles. The lowest BCUT2D eigenvalue weighted by atomic mass is 10.2. The number of thiazole rings is 1. The van der Waals surface area contributed by atoms with Gasteiger partial charge in [0.25, 0.3) is 5.91 Å². The van der Waals surface area contributed by atoms with Crippen molar-refractivity contribution in [2.45, 2.75) is 13.2 Å². The summed E-state index contributed by atoms with van der Waals surface area (Å²) in [6.45, 7) is 4.21. The summed E-state index contributed by atoms with van der Waals surface area (Å²) in [4.78, 5) is 34.1. The largest absolute Gasteiger partial charge is 0.507 e. The molecule has 268 valence electrons. The van der Waals surface area contributed by atoms with Crippen LogP contribution in [0.15, 0.2) is 95.4 Å². The SMILES string of the molecule is O=C(CN1CCN(Cc2csc(-c3ccc(NC(=O)Nc4ccc(Cl)cc4)cc3)n2)CC1)N/N=C/c1ccc(OCc2ccc(Cl)cc2Cl)cc1O. The third-order valence-corrected chi connectivity index (χ3v) is 9.84. The number of aromatic nitrogens is 1. The Labute approximate surface area is 319 Å². The van der Waals surface area contributed by atoms with Gasteiger partial charge in [-0.1, -0.05) is 40.9 Å². The van der Waals surface area contributed by atoms with Gasteiger partial charge in [-0.05, 0) is 72.8 Å². The third-order valence-electron chi connectivity index (χ3n) is 8.07. The van der Waals surface area contributed by atoms with Crippen LogP contribution in [0.2, 0.25) is 15.1 Å². The molecule has 1 aromatic heterocycles. The van der Waals surface area contributed by atoms with Crippen molar-refractivity contribution in [1.82, 2.24) is 20.2 Å². The number of ether oxygens (including phenoxy) is 1. The van der Waals surface area contributed by atoms with E-state index in [2.05, 4.69) is 36.3 Å². The second-order valence-corrected chi connectivity index (χ2v) is 14.0. The minimum atomic E-state index is -0.343. The number of rotatable bonds is 12. The summed E-state index contributed by atoms with van der Waals surface area (Å²) in [7, 11) is 0. The summed E-state index contributed by atoms with van der Waals surface area (Å²) in [6.07, 6.45) is 1.39. The summed E-state index contributed by atoms with van der Waals surface area (Å²) in [6, 6.07) is 24.1. The minimum Gasteiger partial charge on any atom is -0.507 e. The molecule has 0 spiro atoms. The number of hydrazone groups is 1. The zero-order valence-corrected chi connectivity index (χ0v) is 30.8. The maximum atomic E-state index is 12.6. The Kier molecular flexibility index (Phi) is 12.6. The number of urea groups is 1. The molecule has 6 rings (SSSR count). The van der Waals surface area contributed by atoms with Crippen molar-refractivity contribution in [2.75, 3.05) is 43.4 Å². The van der Waals surface area contributed by atoms with Crippen molar-refractivity contribution in [3.8, 4) is 22.1 Å². The number of piperazine rings is 1. The normalized spacial score (nSPS) is 13.6. The molecule has 1 fully saturated rings. The second kappa shape index (κ2) is 17.7. The summed E-state index contributed by atoms with van der Waals surface area (Å²) >= 11 is 19.6. The van der Waals surface area contributed by atoms with E-state index in [-0.39, 0.29) is 30.8 Å². The highest BCUT2D eigenvalue weighted by Gasteiger charge is 2.20. The number of anilines is 2. The van der Waals surface area contributed by atoms with Crippen LogP contribution in [0.5, 0.6) is 11.5 Å². The molecule has 3 amide bonds. The fraction of sp³-hybridized carbons (Fsp3) is 0.189. The standard InChI is InChI=1S/C37H34Cl3N7O4S/c38-27-6-10-30(11-7-27)44-37(50)43-29-8-2-24(3-9-29)36-42-31(23-52-36)20-46-13-15-47(16-14-46)21-35(49)45-41-19-25-4-12-32(18-34(25)48)51-22-26-1-5-28(39)17-33(26)40/h1-12,17-19,23,48H,13-16,20-22H2,(H,45,49)(H2,43,44,50)/b41-19+. The molecule has 0 atom stereocenters. The molecule has 52 heavy (non-hydrogen) atoms. The average molecular weight is 779 g/mol. The second-order valence-electron chi connectivity index (χ2n) is 11.9. The Hall–Kier alpha value is -4.69. The van der Waals surface area contributed by atoms with Crippen LogP contribution in [0, 0.1) is 0 Å². The van der Waals surface area contributed by atoms with Crippen LogP contribution in [0.1, 0.15) is 16.8 Å². The molecule has 0 radical (unpaired) electrons. The first-order valence-corrected chi connectivity index (χ1v) is 18.2. The van der Waals surface area contributed by atoms with E-state index in [0.717, 1.165) is 48.0 Å². The molecule has 0 saturated carbocycles. The highest BCUT2D eigenvalue weighted by molar-refractivity contribution is 7.13. The number of phenolic OH excluding ortho intramolecular Hbond substituents is 1. The van der Waals surface area contributed by atoms with E-state index in [1.165, 1.54) is 12.3 Å². The van der Waals surface area contributed by atoms with Crippen LogP contribution in [0.3, 0.4) is 0 Å². The Balaban J connectivity index is 0.895. The topological polar surface area (TPSA) is 131 Å². The van der Waals surface area contributed by atoms with E-state index in [0.29, 0.717) is 44.3 Å². The van der Waals surface area contributed by atoms with Gasteiger partial charge in [-0.25, -0.2) is 15.2 Å². The quantitative estimate of drug-likeness (QED) is 0.0747. The number of aromatic hydroxyl groups is 1. The highest BCUT2D eigenvalue weighted by atomic mass is 35.5. The van der Waals surface area contributed by atoms with Crippen LogP contribution < -0.4 is 20.8 Å². The summed E-state index contributed by atoms with van der Waals surface area (Å²) in [5, 5.41) is 24.6. The molecule has 0 unspecified atom stereocenters. The van der Waals surface area contributed by atoms with Gasteiger partial charge < -0.3 is 20.5 Å². The number of hydrogen-bond donors (Lipinski definition) is 4. The van der Waals surface area contributed by atoms with Crippen LogP contribution in [-0.2, 0) is 17.9 Å². The molecule has 11 nitrogen and oxygen atoms in total. The first-order valence-electron chi connectivity index (χ1n) is 16.2. The molecule has 4 N–H and O–H groups in total. The number of phenols is 1. The van der Waals surface area contributed by atoms with E-state index in [1.54, 1.807) is 65.9 Å². The number of amides is 3. The van der Waals surface area contributed by atoms with Crippen molar-refractivity contribution in [1.29, 1.82) is 0 Å². The number of nitrogens with zero attached hydrogens (tertiary/aromatic N) is 4. The smallest absolute Gasteiger partial charge is 0.323 e. The number of benzene rings is 4. The maximum Gasteiger partial charge on any atom is 0.323 e. The first-order chi connectivity index (χ1) is 25.2. The Bertz CT molecular complexity index is 2040. The third kappa shape index (κ3) is 10.7. The first kappa shape index (κ1) is 37.1. The van der Waals surface area contributed by atoms with Gasteiger partial charge in [0.15, 0.2) is 0 Å². The van der Waals surface area contributed by atoms with E-state index >= 15 is 0 Å². The Morgan fingerprint density at radius 3 is 2.23 bits per heavy atom. The summed E-state index contributed by atoms with van der Waals surface area (Å²) in [5.74, 6) is 0.179. The maximum absolute atomic E-state index is 12.6. The van der Waals surface area contributed by atoms with E-state index < -0.39 is 0 Å². The lowest BCUT2D eigenvalue weighted by Gasteiger charge is -2.33. The van der Waals surface area contributed by atoms with Crippen LogP contribution in [0.25, 0.3) is 10.6 Å². The van der Waals surface area contributed by atoms with Crippen LogP contribution in [0.4, 0.5) is 16.2 Å². The Morgan fingerprint density at radius 2 is 1.54 bits per heavy atom. The molecule has 1 aliphatic heterocycles. The molecule has 0 aliphatic carbocycles.